The molecule has 0 amide bonds. The van der Waals surface area contributed by atoms with Crippen LogP contribution in [0.2, 0.25) is 0 Å². The molecule has 1 aromatic carbocycles. The molecule has 0 fully saturated rings. The van der Waals surface area contributed by atoms with E-state index < -0.39 is 61.6 Å². The maximum Gasteiger partial charge on any atom is 0.435 e. The van der Waals surface area contributed by atoms with Gasteiger partial charge in [0.1, 0.15) is 0 Å². The first-order chi connectivity index (χ1) is 11.6. The third-order valence-corrected chi connectivity index (χ3v) is 5.92. The van der Waals surface area contributed by atoms with Gasteiger partial charge in [0.05, 0.1) is 16.4 Å². The molecule has 0 aliphatic carbocycles. The zero-order valence-electron chi connectivity index (χ0n) is 13.8. The first-order valence-corrected chi connectivity index (χ1v) is 8.42. The maximum absolute atomic E-state index is 14.5. The van der Waals surface area contributed by atoms with Gasteiger partial charge in [-0.2, -0.15) is 26.3 Å². The Bertz CT molecular complexity index is 711. The van der Waals surface area contributed by atoms with Crippen molar-refractivity contribution in [2.24, 2.45) is 0 Å². The predicted molar refractivity (Wildman–Crippen MR) is 79.2 cm³/mol. The minimum atomic E-state index is -6.39. The monoisotopic (exact) mass is 408 g/mol. The van der Waals surface area contributed by atoms with Crippen LogP contribution in [-0.2, 0) is 16.5 Å². The van der Waals surface area contributed by atoms with Crippen LogP contribution in [0.1, 0.15) is 41.8 Å². The second kappa shape index (κ2) is 7.16. The Morgan fingerprint density at radius 3 is 1.92 bits per heavy atom. The van der Waals surface area contributed by atoms with E-state index in [4.69, 9.17) is 5.11 Å². The lowest BCUT2D eigenvalue weighted by molar-refractivity contribution is -0.349. The van der Waals surface area contributed by atoms with Gasteiger partial charge in [-0.1, -0.05) is 19.9 Å². The van der Waals surface area contributed by atoms with Crippen LogP contribution in [-0.4, -0.2) is 32.9 Å². The summed E-state index contributed by atoms with van der Waals surface area (Å²) in [7, 11) is -2.50. The molecule has 3 nitrogen and oxygen atoms in total. The summed E-state index contributed by atoms with van der Waals surface area (Å²) in [6.07, 6.45) is -12.7. The largest absolute Gasteiger partial charge is 0.478 e. The van der Waals surface area contributed by atoms with E-state index in [-0.39, 0.29) is 12.5 Å². The first-order valence-electron chi connectivity index (χ1n) is 7.21. The van der Waals surface area contributed by atoms with Gasteiger partial charge >= 0.3 is 24.0 Å². The van der Waals surface area contributed by atoms with E-state index in [1.54, 1.807) is 0 Å². The molecule has 0 saturated heterocycles. The van der Waals surface area contributed by atoms with Crippen LogP contribution in [0.4, 0.5) is 30.7 Å². The molecule has 0 saturated carbocycles. The van der Waals surface area contributed by atoms with Crippen LogP contribution in [0, 0.1) is 6.92 Å². The summed E-state index contributed by atoms with van der Waals surface area (Å²) in [5.41, 5.74) is -8.96. The van der Waals surface area contributed by atoms with Crippen molar-refractivity contribution in [1.82, 2.24) is 0 Å². The lowest BCUT2D eigenvalue weighted by Gasteiger charge is -2.32. The molecule has 0 aliphatic rings. The fourth-order valence-electron chi connectivity index (χ4n) is 2.27. The summed E-state index contributed by atoms with van der Waals surface area (Å²) in [6, 6.07) is 0.531. The van der Waals surface area contributed by atoms with Gasteiger partial charge in [0.25, 0.3) is 0 Å². The number of rotatable bonds is 5. The van der Waals surface area contributed by atoms with Crippen molar-refractivity contribution in [2.75, 3.05) is 0 Å². The van der Waals surface area contributed by atoms with Crippen LogP contribution in [0.3, 0.4) is 0 Å². The smallest absolute Gasteiger partial charge is 0.435 e. The lowest BCUT2D eigenvalue weighted by Crippen LogP contribution is -2.51. The van der Waals surface area contributed by atoms with Crippen molar-refractivity contribution in [3.8, 4) is 0 Å². The number of benzene rings is 1. The molecule has 0 radical (unpaired) electrons. The molecule has 0 aromatic heterocycles. The highest BCUT2D eigenvalue weighted by Gasteiger charge is 2.74. The van der Waals surface area contributed by atoms with E-state index in [1.165, 1.54) is 13.8 Å². The van der Waals surface area contributed by atoms with Crippen molar-refractivity contribution >= 4 is 16.8 Å². The van der Waals surface area contributed by atoms with Gasteiger partial charge < -0.3 is 5.11 Å². The lowest BCUT2D eigenvalue weighted by atomic mass is 9.91. The Morgan fingerprint density at radius 2 is 1.58 bits per heavy atom. The molecule has 0 heterocycles. The molecule has 0 spiro atoms. The average molecular weight is 408 g/mol. The number of carbonyl (C=O) groups is 1. The van der Waals surface area contributed by atoms with Gasteiger partial charge in [-0.15, -0.1) is 0 Å². The van der Waals surface area contributed by atoms with Crippen LogP contribution in [0.5, 0.6) is 0 Å². The summed E-state index contributed by atoms with van der Waals surface area (Å²) in [6.45, 7) is 3.67. The minimum Gasteiger partial charge on any atom is -0.478 e. The van der Waals surface area contributed by atoms with Gasteiger partial charge in [0.2, 0.25) is 0 Å². The summed E-state index contributed by atoms with van der Waals surface area (Å²) in [5, 5.41) is 8.12. The highest BCUT2D eigenvalue weighted by atomic mass is 32.2. The molecular weight excluding hydrogens is 393 g/mol. The van der Waals surface area contributed by atoms with E-state index >= 15 is 0 Å². The Labute approximate surface area is 146 Å². The number of carboxylic acid groups (broad SMARTS) is 1. The SMILES string of the molecule is CC[C@@H](C)[S@@](=O)c1c(C(F)(C(F)(F)F)C(F)(F)F)ccc(C(=O)O)c1C. The van der Waals surface area contributed by atoms with E-state index in [0.717, 1.165) is 6.92 Å². The fraction of sp³-hybridized carbons (Fsp3) is 0.533. The van der Waals surface area contributed by atoms with Crippen molar-refractivity contribution in [3.05, 3.63) is 28.8 Å². The van der Waals surface area contributed by atoms with Crippen molar-refractivity contribution in [2.45, 2.75) is 55.4 Å². The maximum atomic E-state index is 14.5. The normalized spacial score (nSPS) is 15.6. The fourth-order valence-corrected chi connectivity index (χ4v) is 3.81. The van der Waals surface area contributed by atoms with E-state index in [2.05, 4.69) is 0 Å². The number of hydrogen-bond acceptors (Lipinski definition) is 2. The van der Waals surface area contributed by atoms with Gasteiger partial charge in [-0.05, 0) is 25.0 Å². The van der Waals surface area contributed by atoms with Gasteiger partial charge in [0.15, 0.2) is 0 Å². The van der Waals surface area contributed by atoms with Crippen LogP contribution < -0.4 is 0 Å². The Balaban J connectivity index is 4.00. The Kier molecular flexibility index (Phi) is 6.17. The standard InChI is InChI=1S/C15H15F7O3S/c1-4-7(2)26(25)11-8(3)9(12(23)24)5-6-10(11)13(16,14(17,18)19)15(20,21)22/h5-7H,4H2,1-3H3,(H,23,24)/t7-,26-/m1/s1. The van der Waals surface area contributed by atoms with Gasteiger partial charge in [-0.3, -0.25) is 4.21 Å². The minimum absolute atomic E-state index is 0.0903. The highest BCUT2D eigenvalue weighted by molar-refractivity contribution is 7.85. The van der Waals surface area contributed by atoms with Crippen molar-refractivity contribution in [1.29, 1.82) is 0 Å². The van der Waals surface area contributed by atoms with E-state index in [0.29, 0.717) is 6.07 Å². The number of hydrogen-bond donors (Lipinski definition) is 1. The first kappa shape index (κ1) is 22.4. The molecule has 26 heavy (non-hydrogen) atoms. The summed E-state index contributed by atoms with van der Waals surface area (Å²) < 4.78 is 106. The molecule has 0 unspecified atom stereocenters. The Morgan fingerprint density at radius 1 is 1.12 bits per heavy atom. The van der Waals surface area contributed by atoms with Crippen LogP contribution in [0.15, 0.2) is 17.0 Å². The van der Waals surface area contributed by atoms with Crippen molar-refractivity contribution < 1.29 is 44.8 Å². The molecule has 1 N–H and O–H groups in total. The summed E-state index contributed by atoms with van der Waals surface area (Å²) in [4.78, 5) is 10.1. The Hall–Kier alpha value is -1.65. The van der Waals surface area contributed by atoms with Crippen molar-refractivity contribution in [3.63, 3.8) is 0 Å². The highest BCUT2D eigenvalue weighted by Crippen LogP contribution is 2.55. The predicted octanol–water partition coefficient (Wildman–Crippen LogP) is 4.89. The van der Waals surface area contributed by atoms with E-state index in [9.17, 15) is 39.7 Å². The second-order valence-electron chi connectivity index (χ2n) is 5.59. The summed E-state index contributed by atoms with van der Waals surface area (Å²) >= 11 is 0. The topological polar surface area (TPSA) is 54.4 Å². The van der Waals surface area contributed by atoms with Crippen LogP contribution >= 0.6 is 0 Å². The molecule has 1 rings (SSSR count). The third-order valence-electron chi connectivity index (χ3n) is 3.93. The second-order valence-corrected chi connectivity index (χ2v) is 7.40. The zero-order chi connectivity index (χ0) is 20.7. The molecule has 0 bridgehead atoms. The van der Waals surface area contributed by atoms with Gasteiger partial charge in [0, 0.05) is 15.7 Å². The molecule has 148 valence electrons. The molecule has 2 atom stereocenters. The quantitative estimate of drug-likeness (QED) is 0.706. The zero-order valence-corrected chi connectivity index (χ0v) is 14.6. The third kappa shape index (κ3) is 3.58. The summed E-state index contributed by atoms with van der Waals surface area (Å²) in [5.74, 6) is -1.65. The number of carboxylic acids is 1. The van der Waals surface area contributed by atoms with E-state index in [1.807, 2.05) is 0 Å². The molecular formula is C15H15F7O3S. The number of aromatic carboxylic acids is 1. The molecule has 1 aromatic rings. The average Bonchev–Trinajstić information content (AvgIpc) is 2.49. The molecule has 0 aliphatic heterocycles. The number of halogens is 7. The van der Waals surface area contributed by atoms with Crippen LogP contribution in [0.25, 0.3) is 0 Å². The van der Waals surface area contributed by atoms with Gasteiger partial charge in [-0.25, -0.2) is 9.18 Å². The molecule has 11 heteroatoms. The number of alkyl halides is 7.